The fourth-order valence-electron chi connectivity index (χ4n) is 1.75. The van der Waals surface area contributed by atoms with Crippen LogP contribution in [0.15, 0.2) is 12.1 Å². The van der Waals surface area contributed by atoms with Crippen molar-refractivity contribution < 1.29 is 23.8 Å². The maximum atomic E-state index is 12.5. The van der Waals surface area contributed by atoms with E-state index in [-0.39, 0.29) is 24.4 Å². The molecule has 1 aromatic rings. The van der Waals surface area contributed by atoms with E-state index >= 15 is 0 Å². The van der Waals surface area contributed by atoms with E-state index in [9.17, 15) is 13.6 Å². The molecule has 0 saturated carbocycles. The van der Waals surface area contributed by atoms with Crippen LogP contribution >= 0.6 is 0 Å². The van der Waals surface area contributed by atoms with Crippen LogP contribution in [0.3, 0.4) is 0 Å². The zero-order chi connectivity index (χ0) is 14.6. The van der Waals surface area contributed by atoms with Crippen molar-refractivity contribution in [3.63, 3.8) is 0 Å². The van der Waals surface area contributed by atoms with Gasteiger partial charge in [0.05, 0.1) is 18.7 Å². The molecule has 0 fully saturated rings. The first-order chi connectivity index (χ1) is 8.86. The predicted molar refractivity (Wildman–Crippen MR) is 67.9 cm³/mol. The van der Waals surface area contributed by atoms with Crippen molar-refractivity contribution >= 4 is 17.3 Å². The quantitative estimate of drug-likeness (QED) is 0.681. The number of nitrogens with two attached hydrogens (primary N) is 1. The van der Waals surface area contributed by atoms with Gasteiger partial charge in [0.15, 0.2) is 0 Å². The van der Waals surface area contributed by atoms with E-state index in [4.69, 9.17) is 15.9 Å². The SMILES string of the molecule is Cc1cc(N(CCO)CC(F)F)cc(C(=O)O)c1N. The number of aromatic carboxylic acids is 1. The van der Waals surface area contributed by atoms with Gasteiger partial charge in [-0.3, -0.25) is 0 Å². The molecule has 7 heteroatoms. The van der Waals surface area contributed by atoms with Gasteiger partial charge in [-0.25, -0.2) is 13.6 Å². The fourth-order valence-corrected chi connectivity index (χ4v) is 1.75. The zero-order valence-electron chi connectivity index (χ0n) is 10.4. The maximum Gasteiger partial charge on any atom is 0.337 e. The molecule has 0 saturated heterocycles. The van der Waals surface area contributed by atoms with Crippen LogP contribution in [0, 0.1) is 6.92 Å². The number of carboxylic acid groups (broad SMARTS) is 1. The van der Waals surface area contributed by atoms with Crippen LogP contribution in [-0.4, -0.2) is 42.3 Å². The van der Waals surface area contributed by atoms with E-state index in [0.29, 0.717) is 11.3 Å². The van der Waals surface area contributed by atoms with Crippen molar-refractivity contribution in [2.24, 2.45) is 0 Å². The Labute approximate surface area is 109 Å². The number of benzene rings is 1. The molecule has 0 aromatic heterocycles. The number of alkyl halides is 2. The van der Waals surface area contributed by atoms with Crippen LogP contribution in [0.4, 0.5) is 20.2 Å². The third kappa shape index (κ3) is 3.78. The Morgan fingerprint density at radius 3 is 2.58 bits per heavy atom. The Bertz CT molecular complexity index is 467. The molecule has 19 heavy (non-hydrogen) atoms. The Hall–Kier alpha value is -1.89. The highest BCUT2D eigenvalue weighted by molar-refractivity contribution is 5.95. The first-order valence-corrected chi connectivity index (χ1v) is 5.64. The molecule has 0 radical (unpaired) electrons. The Morgan fingerprint density at radius 1 is 1.47 bits per heavy atom. The van der Waals surface area contributed by atoms with Gasteiger partial charge in [-0.15, -0.1) is 0 Å². The second kappa shape index (κ2) is 6.33. The summed E-state index contributed by atoms with van der Waals surface area (Å²) in [6.45, 7) is 0.707. The molecular weight excluding hydrogens is 258 g/mol. The summed E-state index contributed by atoms with van der Waals surface area (Å²) in [5.41, 5.74) is 6.40. The lowest BCUT2D eigenvalue weighted by atomic mass is 10.1. The maximum absolute atomic E-state index is 12.5. The second-order valence-electron chi connectivity index (χ2n) is 4.09. The molecule has 0 bridgehead atoms. The fraction of sp³-hybridized carbons (Fsp3) is 0.417. The summed E-state index contributed by atoms with van der Waals surface area (Å²) >= 11 is 0. The van der Waals surface area contributed by atoms with Crippen molar-refractivity contribution in [3.05, 3.63) is 23.3 Å². The number of nitrogens with zero attached hydrogens (tertiary/aromatic N) is 1. The molecule has 0 amide bonds. The molecule has 1 rings (SSSR count). The smallest absolute Gasteiger partial charge is 0.337 e. The Morgan fingerprint density at radius 2 is 2.11 bits per heavy atom. The Kier molecular flexibility index (Phi) is 5.05. The Balaban J connectivity index is 3.19. The van der Waals surface area contributed by atoms with Gasteiger partial charge in [-0.2, -0.15) is 0 Å². The number of halogens is 2. The number of aliphatic hydroxyl groups is 1. The molecule has 106 valence electrons. The monoisotopic (exact) mass is 274 g/mol. The highest BCUT2D eigenvalue weighted by atomic mass is 19.3. The van der Waals surface area contributed by atoms with Crippen LogP contribution in [0.25, 0.3) is 0 Å². The summed E-state index contributed by atoms with van der Waals surface area (Å²) in [4.78, 5) is 12.3. The molecule has 0 aliphatic rings. The van der Waals surface area contributed by atoms with Gasteiger partial charge in [0, 0.05) is 17.9 Å². The van der Waals surface area contributed by atoms with E-state index in [1.165, 1.54) is 17.0 Å². The molecule has 1 aromatic carbocycles. The van der Waals surface area contributed by atoms with E-state index in [2.05, 4.69) is 0 Å². The lowest BCUT2D eigenvalue weighted by Gasteiger charge is -2.24. The molecule has 0 spiro atoms. The van der Waals surface area contributed by atoms with Gasteiger partial charge in [0.1, 0.15) is 0 Å². The lowest BCUT2D eigenvalue weighted by molar-refractivity contribution is 0.0698. The van der Waals surface area contributed by atoms with Crippen molar-refractivity contribution in [2.45, 2.75) is 13.3 Å². The number of hydrogen-bond donors (Lipinski definition) is 3. The zero-order valence-corrected chi connectivity index (χ0v) is 10.4. The minimum absolute atomic E-state index is 0.00719. The molecule has 0 aliphatic heterocycles. The average molecular weight is 274 g/mol. The first kappa shape index (κ1) is 15.2. The standard InChI is InChI=1S/C12H16F2N2O3/c1-7-4-8(5-9(11(7)15)12(18)19)16(2-3-17)6-10(13)14/h4-5,10,17H,2-3,6,15H2,1H3,(H,18,19). The van der Waals surface area contributed by atoms with E-state index in [1.54, 1.807) is 6.92 Å². The summed E-state index contributed by atoms with van der Waals surface area (Å²) < 4.78 is 24.9. The minimum Gasteiger partial charge on any atom is -0.478 e. The molecule has 0 aliphatic carbocycles. The van der Waals surface area contributed by atoms with Crippen molar-refractivity contribution in [3.8, 4) is 0 Å². The van der Waals surface area contributed by atoms with Crippen molar-refractivity contribution in [2.75, 3.05) is 30.3 Å². The topological polar surface area (TPSA) is 86.8 Å². The molecule has 5 nitrogen and oxygen atoms in total. The van der Waals surface area contributed by atoms with Gasteiger partial charge in [-0.05, 0) is 24.6 Å². The third-order valence-corrected chi connectivity index (χ3v) is 2.70. The van der Waals surface area contributed by atoms with E-state index in [1.807, 2.05) is 0 Å². The number of aliphatic hydroxyl groups excluding tert-OH is 1. The summed E-state index contributed by atoms with van der Waals surface area (Å²) in [5.74, 6) is -1.22. The number of carboxylic acids is 1. The van der Waals surface area contributed by atoms with Crippen LogP contribution in [0.1, 0.15) is 15.9 Å². The number of nitrogen functional groups attached to an aromatic ring is 1. The molecule has 0 unspecified atom stereocenters. The molecule has 0 heterocycles. The minimum atomic E-state index is -2.59. The molecule has 4 N–H and O–H groups in total. The van der Waals surface area contributed by atoms with Crippen LogP contribution in [0.2, 0.25) is 0 Å². The van der Waals surface area contributed by atoms with Crippen LogP contribution < -0.4 is 10.6 Å². The normalized spacial score (nSPS) is 10.8. The molecular formula is C12H16F2N2O3. The summed E-state index contributed by atoms with van der Waals surface area (Å²) in [7, 11) is 0. The van der Waals surface area contributed by atoms with Gasteiger partial charge >= 0.3 is 5.97 Å². The average Bonchev–Trinajstić information content (AvgIpc) is 2.31. The predicted octanol–water partition coefficient (Wildman–Crippen LogP) is 1.34. The van der Waals surface area contributed by atoms with Gasteiger partial charge < -0.3 is 20.8 Å². The van der Waals surface area contributed by atoms with Crippen molar-refractivity contribution in [1.82, 2.24) is 0 Å². The van der Waals surface area contributed by atoms with E-state index < -0.39 is 18.9 Å². The largest absolute Gasteiger partial charge is 0.478 e. The summed E-state index contributed by atoms with van der Waals surface area (Å²) in [6, 6.07) is 2.77. The second-order valence-corrected chi connectivity index (χ2v) is 4.09. The third-order valence-electron chi connectivity index (χ3n) is 2.70. The highest BCUT2D eigenvalue weighted by Crippen LogP contribution is 2.26. The first-order valence-electron chi connectivity index (χ1n) is 5.64. The number of aryl methyl sites for hydroxylation is 1. The van der Waals surface area contributed by atoms with Gasteiger partial charge in [-0.1, -0.05) is 0 Å². The summed E-state index contributed by atoms with van der Waals surface area (Å²) in [5, 5.41) is 17.9. The summed E-state index contributed by atoms with van der Waals surface area (Å²) in [6.07, 6.45) is -2.59. The number of carbonyl (C=O) groups is 1. The van der Waals surface area contributed by atoms with Crippen LogP contribution in [0.5, 0.6) is 0 Å². The number of anilines is 2. The highest BCUT2D eigenvalue weighted by Gasteiger charge is 2.17. The van der Waals surface area contributed by atoms with Crippen molar-refractivity contribution in [1.29, 1.82) is 0 Å². The molecule has 0 atom stereocenters. The number of rotatable bonds is 6. The van der Waals surface area contributed by atoms with Gasteiger partial charge in [0.2, 0.25) is 0 Å². The van der Waals surface area contributed by atoms with E-state index in [0.717, 1.165) is 0 Å². The van der Waals surface area contributed by atoms with Gasteiger partial charge in [0.25, 0.3) is 6.43 Å². The lowest BCUT2D eigenvalue weighted by Crippen LogP contribution is -2.31. The van der Waals surface area contributed by atoms with Crippen LogP contribution in [-0.2, 0) is 0 Å². The number of hydrogen-bond acceptors (Lipinski definition) is 4.